The summed E-state index contributed by atoms with van der Waals surface area (Å²) < 4.78 is 40.3. The number of nitrogens with one attached hydrogen (secondary N) is 2. The normalized spacial score (nSPS) is 22.2. The quantitative estimate of drug-likeness (QED) is 0.785. The second-order valence-corrected chi connectivity index (χ2v) is 5.42. The molecule has 4 N–H and O–H groups in total. The van der Waals surface area contributed by atoms with Gasteiger partial charge in [0.15, 0.2) is 0 Å². The molecule has 0 saturated carbocycles. The molecule has 1 atom stereocenters. The number of allylic oxidation sites excluding steroid dienone is 1. The zero-order valence-corrected chi connectivity index (χ0v) is 12.8. The highest BCUT2D eigenvalue weighted by Gasteiger charge is 2.42. The summed E-state index contributed by atoms with van der Waals surface area (Å²) in [5.41, 5.74) is 6.52. The minimum Gasteiger partial charge on any atom is -0.374 e. The van der Waals surface area contributed by atoms with Crippen LogP contribution in [0.15, 0.2) is 22.5 Å². The summed E-state index contributed by atoms with van der Waals surface area (Å²) in [7, 11) is 3.06. The maximum absolute atomic E-state index is 12.9. The van der Waals surface area contributed by atoms with Crippen LogP contribution in [-0.2, 0) is 12.8 Å². The highest BCUT2D eigenvalue weighted by atomic mass is 19.4. The van der Waals surface area contributed by atoms with E-state index in [0.29, 0.717) is 5.69 Å². The molecule has 2 heterocycles. The minimum atomic E-state index is -4.52. The van der Waals surface area contributed by atoms with E-state index >= 15 is 0 Å². The van der Waals surface area contributed by atoms with E-state index in [-0.39, 0.29) is 11.7 Å². The Balaban J connectivity index is 2.43. The lowest BCUT2D eigenvalue weighted by Gasteiger charge is -2.33. The Hall–Kier alpha value is -2.03. The molecule has 0 aliphatic carbocycles. The molecule has 1 aliphatic heterocycles. The fraction of sp³-hybridized carbons (Fsp3) is 0.538. The molecule has 0 bridgehead atoms. The summed E-state index contributed by atoms with van der Waals surface area (Å²) in [4.78, 5) is 3.87. The molecule has 1 unspecified atom stereocenters. The van der Waals surface area contributed by atoms with Crippen LogP contribution in [0.2, 0.25) is 0 Å². The smallest absolute Gasteiger partial charge is 0.374 e. The Bertz CT molecular complexity index is 628. The molecular formula is C13H19F3N6. The van der Waals surface area contributed by atoms with Crippen LogP contribution >= 0.6 is 0 Å². The maximum Gasteiger partial charge on any atom is 0.421 e. The highest BCUT2D eigenvalue weighted by molar-refractivity contribution is 5.82. The van der Waals surface area contributed by atoms with Crippen LogP contribution < -0.4 is 16.4 Å². The summed E-state index contributed by atoms with van der Waals surface area (Å²) in [6.07, 6.45) is -3.78. The van der Waals surface area contributed by atoms with Crippen molar-refractivity contribution >= 4 is 6.21 Å². The number of halogens is 3. The molecule has 0 saturated heterocycles. The predicted molar refractivity (Wildman–Crippen MR) is 76.9 cm³/mol. The molecule has 1 aromatic heterocycles. The van der Waals surface area contributed by atoms with Gasteiger partial charge in [-0.1, -0.05) is 13.8 Å². The molecule has 22 heavy (non-hydrogen) atoms. The molecule has 2 rings (SSSR count). The summed E-state index contributed by atoms with van der Waals surface area (Å²) in [5.74, 6) is -1.57. The first-order valence-electron chi connectivity index (χ1n) is 6.74. The van der Waals surface area contributed by atoms with Crippen molar-refractivity contribution in [3.05, 3.63) is 28.8 Å². The molecule has 0 spiro atoms. The molecule has 6 nitrogen and oxygen atoms in total. The highest BCUT2D eigenvalue weighted by Crippen LogP contribution is 2.31. The van der Waals surface area contributed by atoms with Gasteiger partial charge in [-0.15, -0.1) is 0 Å². The van der Waals surface area contributed by atoms with Crippen LogP contribution in [0, 0.1) is 0 Å². The van der Waals surface area contributed by atoms with Gasteiger partial charge in [0.25, 0.3) is 0 Å². The Morgan fingerprint density at radius 1 is 1.41 bits per heavy atom. The number of aromatic nitrogens is 2. The van der Waals surface area contributed by atoms with E-state index in [2.05, 4.69) is 20.7 Å². The van der Waals surface area contributed by atoms with Crippen LogP contribution in [-0.4, -0.2) is 29.2 Å². The van der Waals surface area contributed by atoms with Gasteiger partial charge in [-0.3, -0.25) is 10.4 Å². The lowest BCUT2D eigenvalue weighted by Crippen LogP contribution is -2.54. The number of rotatable bonds is 3. The van der Waals surface area contributed by atoms with Gasteiger partial charge >= 0.3 is 6.18 Å². The van der Waals surface area contributed by atoms with Gasteiger partial charge in [-0.05, 0) is 12.0 Å². The Morgan fingerprint density at radius 3 is 2.50 bits per heavy atom. The topological polar surface area (TPSA) is 80.3 Å². The SMILES string of the molecule is CNC1=C(C(F)(F)F)C=NC(N)(c2cc(C(C)C)nn2C)N1. The van der Waals surface area contributed by atoms with Gasteiger partial charge in [0.05, 0.1) is 5.69 Å². The van der Waals surface area contributed by atoms with E-state index in [0.717, 1.165) is 11.9 Å². The van der Waals surface area contributed by atoms with Crippen molar-refractivity contribution < 1.29 is 13.2 Å². The van der Waals surface area contributed by atoms with Gasteiger partial charge < -0.3 is 10.6 Å². The lowest BCUT2D eigenvalue weighted by molar-refractivity contribution is -0.0876. The average molecular weight is 316 g/mol. The van der Waals surface area contributed by atoms with Crippen molar-refractivity contribution in [3.8, 4) is 0 Å². The standard InChI is InChI=1S/C13H19F3N6/c1-7(2)9-5-10(22(4)21-9)13(17)19-6-8(12(14,15)16)11(18-3)20-13/h5-7,18,20H,17H2,1-4H3. The third kappa shape index (κ3) is 2.80. The average Bonchev–Trinajstić information content (AvgIpc) is 2.80. The molecule has 0 amide bonds. The minimum absolute atomic E-state index is 0.168. The summed E-state index contributed by atoms with van der Waals surface area (Å²) in [6.45, 7) is 3.93. The molecule has 1 aromatic rings. The fourth-order valence-electron chi connectivity index (χ4n) is 2.19. The molecule has 0 fully saturated rings. The van der Waals surface area contributed by atoms with Gasteiger partial charge in [-0.25, -0.2) is 4.99 Å². The van der Waals surface area contributed by atoms with Crippen molar-refractivity contribution in [2.45, 2.75) is 31.7 Å². The number of nitrogens with two attached hydrogens (primary N) is 1. The number of alkyl halides is 3. The molecular weight excluding hydrogens is 297 g/mol. The van der Waals surface area contributed by atoms with Crippen molar-refractivity contribution in [3.63, 3.8) is 0 Å². The lowest BCUT2D eigenvalue weighted by atomic mass is 10.1. The van der Waals surface area contributed by atoms with Crippen LogP contribution in [0.25, 0.3) is 0 Å². The van der Waals surface area contributed by atoms with E-state index in [9.17, 15) is 13.2 Å². The van der Waals surface area contributed by atoms with Crippen LogP contribution in [0.5, 0.6) is 0 Å². The van der Waals surface area contributed by atoms with E-state index in [4.69, 9.17) is 5.73 Å². The summed E-state index contributed by atoms with van der Waals surface area (Å²) >= 11 is 0. The van der Waals surface area contributed by atoms with Crippen LogP contribution in [0.3, 0.4) is 0 Å². The molecule has 1 aliphatic rings. The van der Waals surface area contributed by atoms with Crippen molar-refractivity contribution in [1.29, 1.82) is 0 Å². The van der Waals surface area contributed by atoms with Crippen molar-refractivity contribution in [2.24, 2.45) is 17.8 Å². The summed E-state index contributed by atoms with van der Waals surface area (Å²) in [5, 5.41) is 9.41. The number of hydrogen-bond donors (Lipinski definition) is 3. The monoisotopic (exact) mass is 316 g/mol. The number of nitrogens with zero attached hydrogens (tertiary/aromatic N) is 3. The van der Waals surface area contributed by atoms with E-state index in [1.54, 1.807) is 13.1 Å². The van der Waals surface area contributed by atoms with Crippen LogP contribution in [0.4, 0.5) is 13.2 Å². The van der Waals surface area contributed by atoms with Gasteiger partial charge in [0, 0.05) is 20.3 Å². The number of hydrogen-bond acceptors (Lipinski definition) is 5. The first kappa shape index (κ1) is 16.3. The zero-order chi connectivity index (χ0) is 16.7. The second kappa shape index (κ2) is 5.31. The first-order chi connectivity index (χ1) is 10.1. The van der Waals surface area contributed by atoms with Crippen molar-refractivity contribution in [2.75, 3.05) is 7.05 Å². The van der Waals surface area contributed by atoms with E-state index in [1.165, 1.54) is 11.7 Å². The van der Waals surface area contributed by atoms with E-state index < -0.39 is 17.5 Å². The van der Waals surface area contributed by atoms with Gasteiger partial charge in [0.2, 0.25) is 5.79 Å². The maximum atomic E-state index is 12.9. The number of aryl methyl sites for hydroxylation is 1. The van der Waals surface area contributed by atoms with E-state index in [1.807, 2.05) is 13.8 Å². The Morgan fingerprint density at radius 2 is 2.05 bits per heavy atom. The molecule has 0 aromatic carbocycles. The number of aliphatic imine (C=N–C) groups is 1. The third-order valence-electron chi connectivity index (χ3n) is 3.42. The third-order valence-corrected chi connectivity index (χ3v) is 3.42. The fourth-order valence-corrected chi connectivity index (χ4v) is 2.19. The van der Waals surface area contributed by atoms with Crippen molar-refractivity contribution in [1.82, 2.24) is 20.4 Å². The Kier molecular flexibility index (Phi) is 3.94. The molecule has 122 valence electrons. The Labute approximate surface area is 126 Å². The van der Waals surface area contributed by atoms with Gasteiger partial charge in [-0.2, -0.15) is 18.3 Å². The summed E-state index contributed by atoms with van der Waals surface area (Å²) in [6, 6.07) is 1.74. The zero-order valence-electron chi connectivity index (χ0n) is 12.8. The first-order valence-corrected chi connectivity index (χ1v) is 6.74. The van der Waals surface area contributed by atoms with Gasteiger partial charge in [0.1, 0.15) is 17.1 Å². The largest absolute Gasteiger partial charge is 0.421 e. The second-order valence-electron chi connectivity index (χ2n) is 5.42. The van der Waals surface area contributed by atoms with Crippen LogP contribution in [0.1, 0.15) is 31.2 Å². The predicted octanol–water partition coefficient (Wildman–Crippen LogP) is 1.28. The molecule has 0 radical (unpaired) electrons. The molecule has 9 heteroatoms.